The Hall–Kier alpha value is -2.73. The molecule has 1 aliphatic rings. The average Bonchev–Trinajstić information content (AvgIpc) is 2.72. The van der Waals surface area contributed by atoms with E-state index in [1.165, 1.54) is 25.3 Å². The minimum atomic E-state index is -0.432. The van der Waals surface area contributed by atoms with E-state index in [9.17, 15) is 4.39 Å². The predicted molar refractivity (Wildman–Crippen MR) is 110 cm³/mol. The molecule has 28 heavy (non-hydrogen) atoms. The molecule has 0 saturated heterocycles. The van der Waals surface area contributed by atoms with Crippen molar-refractivity contribution in [3.05, 3.63) is 59.6 Å². The van der Waals surface area contributed by atoms with E-state index >= 15 is 0 Å². The summed E-state index contributed by atoms with van der Waals surface area (Å²) in [6.45, 7) is 0. The van der Waals surface area contributed by atoms with E-state index in [0.717, 1.165) is 24.1 Å². The Morgan fingerprint density at radius 2 is 1.79 bits per heavy atom. The van der Waals surface area contributed by atoms with Gasteiger partial charge < -0.3 is 10.6 Å². The first kappa shape index (κ1) is 18.6. The number of hydrogen-bond donors (Lipinski definition) is 2. The summed E-state index contributed by atoms with van der Waals surface area (Å²) in [6.07, 6.45) is 9.32. The van der Waals surface area contributed by atoms with Gasteiger partial charge in [-0.25, -0.2) is 9.37 Å². The fourth-order valence-electron chi connectivity index (χ4n) is 3.42. The van der Waals surface area contributed by atoms with Gasteiger partial charge in [-0.1, -0.05) is 36.9 Å². The third kappa shape index (κ3) is 4.39. The van der Waals surface area contributed by atoms with Crippen LogP contribution >= 0.6 is 11.6 Å². The number of hydrogen-bond acceptors (Lipinski definition) is 5. The van der Waals surface area contributed by atoms with Crippen molar-refractivity contribution in [3.8, 4) is 11.3 Å². The van der Waals surface area contributed by atoms with Gasteiger partial charge in [-0.2, -0.15) is 4.98 Å². The first-order chi connectivity index (χ1) is 13.7. The quantitative estimate of drug-likeness (QED) is 0.568. The highest BCUT2D eigenvalue weighted by atomic mass is 35.5. The number of benzene rings is 1. The Bertz CT molecular complexity index is 925. The first-order valence-corrected chi connectivity index (χ1v) is 9.84. The number of pyridine rings is 1. The Kier molecular flexibility index (Phi) is 5.67. The summed E-state index contributed by atoms with van der Waals surface area (Å²) < 4.78 is 14.2. The fraction of sp³-hybridized carbons (Fsp3) is 0.286. The predicted octanol–water partition coefficient (Wildman–Crippen LogP) is 5.82. The Labute approximate surface area is 168 Å². The van der Waals surface area contributed by atoms with Crippen molar-refractivity contribution in [1.29, 1.82) is 0 Å². The molecule has 2 N–H and O–H groups in total. The third-order valence-corrected chi connectivity index (χ3v) is 5.17. The Morgan fingerprint density at radius 3 is 2.54 bits per heavy atom. The molecule has 7 heteroatoms. The van der Waals surface area contributed by atoms with E-state index in [4.69, 9.17) is 11.6 Å². The van der Waals surface area contributed by atoms with Crippen LogP contribution in [0.2, 0.25) is 5.02 Å². The highest BCUT2D eigenvalue weighted by Crippen LogP contribution is 2.30. The van der Waals surface area contributed by atoms with Crippen LogP contribution in [0.15, 0.2) is 48.8 Å². The summed E-state index contributed by atoms with van der Waals surface area (Å²) in [5, 5.41) is 6.75. The number of halogens is 2. The summed E-state index contributed by atoms with van der Waals surface area (Å²) in [7, 11) is 0. The van der Waals surface area contributed by atoms with Crippen molar-refractivity contribution < 1.29 is 4.39 Å². The smallest absolute Gasteiger partial charge is 0.225 e. The van der Waals surface area contributed by atoms with Gasteiger partial charge in [0.25, 0.3) is 0 Å². The minimum absolute atomic E-state index is 0.201. The van der Waals surface area contributed by atoms with Crippen LogP contribution in [0.1, 0.15) is 32.1 Å². The first-order valence-electron chi connectivity index (χ1n) is 9.46. The molecule has 0 unspecified atom stereocenters. The van der Waals surface area contributed by atoms with E-state index in [1.807, 2.05) is 12.1 Å². The molecule has 144 valence electrons. The van der Waals surface area contributed by atoms with Crippen LogP contribution in [-0.2, 0) is 0 Å². The molecule has 1 fully saturated rings. The molecule has 4 rings (SSSR count). The van der Waals surface area contributed by atoms with Crippen LogP contribution in [0.4, 0.5) is 21.8 Å². The number of rotatable bonds is 5. The maximum atomic E-state index is 14.2. The van der Waals surface area contributed by atoms with Crippen molar-refractivity contribution in [2.24, 2.45) is 0 Å². The molecular formula is C21H21ClFN5. The molecule has 1 saturated carbocycles. The summed E-state index contributed by atoms with van der Waals surface area (Å²) in [5.74, 6) is 0.571. The fourth-order valence-corrected chi connectivity index (χ4v) is 3.63. The van der Waals surface area contributed by atoms with Gasteiger partial charge in [0.15, 0.2) is 0 Å². The number of nitrogens with zero attached hydrogens (tertiary/aromatic N) is 3. The lowest BCUT2D eigenvalue weighted by atomic mass is 9.96. The largest absolute Gasteiger partial charge is 0.351 e. The van der Waals surface area contributed by atoms with Crippen molar-refractivity contribution >= 4 is 29.1 Å². The molecule has 2 aromatic heterocycles. The van der Waals surface area contributed by atoms with Crippen LogP contribution in [0.5, 0.6) is 0 Å². The summed E-state index contributed by atoms with van der Waals surface area (Å²) in [5.41, 5.74) is 1.84. The van der Waals surface area contributed by atoms with Gasteiger partial charge in [-0.3, -0.25) is 4.98 Å². The second kappa shape index (κ2) is 8.52. The lowest BCUT2D eigenvalue weighted by Crippen LogP contribution is -2.23. The zero-order valence-corrected chi connectivity index (χ0v) is 16.1. The van der Waals surface area contributed by atoms with Crippen LogP contribution in [0, 0.1) is 5.82 Å². The molecular weight excluding hydrogens is 377 g/mol. The maximum Gasteiger partial charge on any atom is 0.225 e. The zero-order valence-electron chi connectivity index (χ0n) is 15.3. The van der Waals surface area contributed by atoms with Gasteiger partial charge in [0.2, 0.25) is 5.95 Å². The molecule has 0 spiro atoms. The molecule has 1 aromatic carbocycles. The van der Waals surface area contributed by atoms with Crippen molar-refractivity contribution in [3.63, 3.8) is 0 Å². The van der Waals surface area contributed by atoms with E-state index in [2.05, 4.69) is 25.6 Å². The Morgan fingerprint density at radius 1 is 1.00 bits per heavy atom. The summed E-state index contributed by atoms with van der Waals surface area (Å²) >= 11 is 6.16. The molecule has 2 heterocycles. The molecule has 1 aliphatic carbocycles. The van der Waals surface area contributed by atoms with Gasteiger partial charge in [-0.15, -0.1) is 0 Å². The van der Waals surface area contributed by atoms with Crippen molar-refractivity contribution in [2.75, 3.05) is 10.6 Å². The summed E-state index contributed by atoms with van der Waals surface area (Å²) in [6, 6.07) is 10.5. The summed E-state index contributed by atoms with van der Waals surface area (Å²) in [4.78, 5) is 13.3. The Balaban J connectivity index is 1.69. The number of nitrogens with one attached hydrogen (secondary N) is 2. The van der Waals surface area contributed by atoms with Crippen LogP contribution < -0.4 is 10.6 Å². The van der Waals surface area contributed by atoms with Gasteiger partial charge >= 0.3 is 0 Å². The number of para-hydroxylation sites is 1. The third-order valence-electron chi connectivity index (χ3n) is 4.86. The van der Waals surface area contributed by atoms with Gasteiger partial charge in [0.05, 0.1) is 16.4 Å². The SMILES string of the molecule is Fc1cccc(Cl)c1Nc1cc(-c2ccncc2)nc(NC2CCCCC2)n1. The van der Waals surface area contributed by atoms with Gasteiger partial charge in [-0.05, 0) is 37.1 Å². The second-order valence-corrected chi connectivity index (χ2v) is 7.31. The zero-order chi connectivity index (χ0) is 19.3. The van der Waals surface area contributed by atoms with Crippen LogP contribution in [-0.4, -0.2) is 21.0 Å². The lowest BCUT2D eigenvalue weighted by Gasteiger charge is -2.23. The van der Waals surface area contributed by atoms with E-state index in [-0.39, 0.29) is 5.69 Å². The lowest BCUT2D eigenvalue weighted by molar-refractivity contribution is 0.461. The topological polar surface area (TPSA) is 62.7 Å². The normalized spacial score (nSPS) is 14.6. The molecule has 0 atom stereocenters. The van der Waals surface area contributed by atoms with Gasteiger partial charge in [0.1, 0.15) is 11.6 Å². The molecule has 0 bridgehead atoms. The molecule has 3 aromatic rings. The highest BCUT2D eigenvalue weighted by molar-refractivity contribution is 6.33. The number of anilines is 3. The van der Waals surface area contributed by atoms with E-state index in [1.54, 1.807) is 30.6 Å². The van der Waals surface area contributed by atoms with E-state index in [0.29, 0.717) is 22.8 Å². The van der Waals surface area contributed by atoms with Crippen LogP contribution in [0.3, 0.4) is 0 Å². The van der Waals surface area contributed by atoms with Crippen molar-refractivity contribution in [2.45, 2.75) is 38.1 Å². The average molecular weight is 398 g/mol. The van der Waals surface area contributed by atoms with Gasteiger partial charge in [0, 0.05) is 30.1 Å². The molecule has 5 nitrogen and oxygen atoms in total. The number of aromatic nitrogens is 3. The maximum absolute atomic E-state index is 14.2. The van der Waals surface area contributed by atoms with E-state index < -0.39 is 5.82 Å². The molecule has 0 radical (unpaired) electrons. The minimum Gasteiger partial charge on any atom is -0.351 e. The molecule has 0 amide bonds. The standard InChI is InChI=1S/C21H21ClFN5/c22-16-7-4-8-17(23)20(16)27-19-13-18(14-9-11-24-12-10-14)26-21(28-19)25-15-5-2-1-3-6-15/h4,7-13,15H,1-3,5-6H2,(H2,25,26,27,28). The monoisotopic (exact) mass is 397 g/mol. The highest BCUT2D eigenvalue weighted by Gasteiger charge is 2.16. The van der Waals surface area contributed by atoms with Crippen molar-refractivity contribution in [1.82, 2.24) is 15.0 Å². The molecule has 0 aliphatic heterocycles. The van der Waals surface area contributed by atoms with Crippen LogP contribution in [0.25, 0.3) is 11.3 Å². The second-order valence-electron chi connectivity index (χ2n) is 6.90.